The molecule has 2 atom stereocenters. The fourth-order valence-electron chi connectivity index (χ4n) is 4.07. The van der Waals surface area contributed by atoms with Crippen LogP contribution in [0.1, 0.15) is 20.7 Å². The number of nitriles is 1. The monoisotopic (exact) mass is 520 g/mol. The zero-order valence-corrected chi connectivity index (χ0v) is 20.2. The van der Waals surface area contributed by atoms with Gasteiger partial charge in [0.2, 0.25) is 0 Å². The lowest BCUT2D eigenvalue weighted by Crippen LogP contribution is -2.30. The summed E-state index contributed by atoms with van der Waals surface area (Å²) in [6.07, 6.45) is 0.315. The smallest absolute Gasteiger partial charge is 0.335 e. The molecule has 0 fully saturated rings. The van der Waals surface area contributed by atoms with Crippen molar-refractivity contribution in [3.63, 3.8) is 0 Å². The van der Waals surface area contributed by atoms with Gasteiger partial charge in [-0.2, -0.15) is 20.6 Å². The first-order valence-electron chi connectivity index (χ1n) is 11.6. The van der Waals surface area contributed by atoms with E-state index in [-0.39, 0.29) is 28.3 Å². The average molecular weight is 521 g/mol. The first-order valence-corrected chi connectivity index (χ1v) is 11.6. The molecule has 0 saturated carbocycles. The molecule has 3 aromatic carbocycles. The first kappa shape index (κ1) is 24.8. The predicted molar refractivity (Wildman–Crippen MR) is 142 cm³/mol. The molecular formula is C27H20N8O4. The third-order valence-corrected chi connectivity index (χ3v) is 5.97. The maximum atomic E-state index is 11.6. The minimum atomic E-state index is -1.31. The maximum absolute atomic E-state index is 11.6. The van der Waals surface area contributed by atoms with Crippen molar-refractivity contribution in [2.24, 2.45) is 21.2 Å². The van der Waals surface area contributed by atoms with E-state index < -0.39 is 24.0 Å². The summed E-state index contributed by atoms with van der Waals surface area (Å²) >= 11 is 0. The van der Waals surface area contributed by atoms with Crippen molar-refractivity contribution in [3.8, 4) is 23.0 Å². The Morgan fingerprint density at radius 1 is 0.923 bits per heavy atom. The Kier molecular flexibility index (Phi) is 6.54. The Balaban J connectivity index is 1.60. The van der Waals surface area contributed by atoms with Gasteiger partial charge in [-0.3, -0.25) is 0 Å². The number of aromatic nitrogens is 2. The molecule has 2 heterocycles. The van der Waals surface area contributed by atoms with Gasteiger partial charge < -0.3 is 15.9 Å². The lowest BCUT2D eigenvalue weighted by atomic mass is 10.1. The van der Waals surface area contributed by atoms with Crippen LogP contribution in [-0.4, -0.2) is 44.3 Å². The fourth-order valence-corrected chi connectivity index (χ4v) is 4.07. The number of aromatic carboxylic acids is 2. The molecule has 0 radical (unpaired) electrons. The van der Waals surface area contributed by atoms with Crippen LogP contribution in [-0.2, 0) is 0 Å². The van der Waals surface area contributed by atoms with Crippen LogP contribution in [0.2, 0.25) is 0 Å². The molecule has 5 rings (SSSR count). The Morgan fingerprint density at radius 3 is 2.13 bits per heavy atom. The molecule has 0 saturated heterocycles. The minimum absolute atomic E-state index is 0.126. The highest BCUT2D eigenvalue weighted by Crippen LogP contribution is 2.38. The van der Waals surface area contributed by atoms with E-state index in [1.807, 2.05) is 60.7 Å². The molecule has 2 unspecified atom stereocenters. The van der Waals surface area contributed by atoms with Gasteiger partial charge in [0.25, 0.3) is 0 Å². The molecule has 1 aromatic heterocycles. The van der Waals surface area contributed by atoms with E-state index in [2.05, 4.69) is 26.5 Å². The van der Waals surface area contributed by atoms with Gasteiger partial charge in [-0.25, -0.2) is 19.3 Å². The summed E-state index contributed by atoms with van der Waals surface area (Å²) in [5, 5.41) is 47.6. The summed E-state index contributed by atoms with van der Waals surface area (Å²) in [5.41, 5.74) is 8.27. The van der Waals surface area contributed by atoms with Crippen LogP contribution in [0.3, 0.4) is 0 Å². The summed E-state index contributed by atoms with van der Waals surface area (Å²) in [7, 11) is 0. The van der Waals surface area contributed by atoms with E-state index in [1.165, 1.54) is 28.0 Å². The number of para-hydroxylation sites is 1. The number of hydrogen-bond donors (Lipinski definition) is 3. The predicted octanol–water partition coefficient (Wildman–Crippen LogP) is 4.57. The number of rotatable bonds is 7. The molecule has 192 valence electrons. The zero-order valence-electron chi connectivity index (χ0n) is 20.2. The Bertz CT molecular complexity index is 1630. The summed E-state index contributed by atoms with van der Waals surface area (Å²) in [4.78, 5) is 23.2. The number of nitrogens with zero attached hydrogens (tertiary/aromatic N) is 7. The summed E-state index contributed by atoms with van der Waals surface area (Å²) in [6.45, 7) is 0. The second-order valence-electron chi connectivity index (χ2n) is 8.47. The SMILES string of the molecule is N#CC1C=NN(c2cc(C(=O)O)cc(C(=O)O)c2)C1/N=N/c1c(-c2ccccc2)nn(-c2ccccc2)c1N. The highest BCUT2D eigenvalue weighted by atomic mass is 16.4. The number of nitrogen functional groups attached to an aromatic ring is 1. The molecule has 1 aliphatic heterocycles. The van der Waals surface area contributed by atoms with Crippen molar-refractivity contribution < 1.29 is 19.8 Å². The van der Waals surface area contributed by atoms with Crippen LogP contribution >= 0.6 is 0 Å². The van der Waals surface area contributed by atoms with Gasteiger partial charge in [-0.15, -0.1) is 5.11 Å². The number of hydrogen-bond acceptors (Lipinski definition) is 9. The quantitative estimate of drug-likeness (QED) is 0.296. The van der Waals surface area contributed by atoms with Crippen LogP contribution in [0.25, 0.3) is 16.9 Å². The molecule has 4 aromatic rings. The molecule has 0 spiro atoms. The van der Waals surface area contributed by atoms with E-state index in [0.717, 1.165) is 11.6 Å². The Morgan fingerprint density at radius 2 is 1.54 bits per heavy atom. The van der Waals surface area contributed by atoms with E-state index >= 15 is 0 Å². The minimum Gasteiger partial charge on any atom is -0.478 e. The van der Waals surface area contributed by atoms with E-state index in [9.17, 15) is 25.1 Å². The van der Waals surface area contributed by atoms with Crippen LogP contribution in [0, 0.1) is 17.2 Å². The average Bonchev–Trinajstić information content (AvgIpc) is 3.52. The van der Waals surface area contributed by atoms with Gasteiger partial charge in [-0.1, -0.05) is 48.5 Å². The third kappa shape index (κ3) is 4.79. The van der Waals surface area contributed by atoms with Gasteiger partial charge in [0.1, 0.15) is 11.6 Å². The fraction of sp³-hybridized carbons (Fsp3) is 0.0741. The van der Waals surface area contributed by atoms with Crippen LogP contribution < -0.4 is 10.7 Å². The second-order valence-corrected chi connectivity index (χ2v) is 8.47. The molecule has 12 heteroatoms. The van der Waals surface area contributed by atoms with Gasteiger partial charge >= 0.3 is 11.9 Å². The lowest BCUT2D eigenvalue weighted by molar-refractivity contribution is 0.0696. The molecule has 12 nitrogen and oxygen atoms in total. The summed E-state index contributed by atoms with van der Waals surface area (Å²) in [5.74, 6) is -3.28. The van der Waals surface area contributed by atoms with E-state index in [0.29, 0.717) is 11.4 Å². The number of nitrogens with two attached hydrogens (primary N) is 1. The number of anilines is 2. The topological polar surface area (TPSA) is 183 Å². The summed E-state index contributed by atoms with van der Waals surface area (Å²) in [6, 6.07) is 24.1. The third-order valence-electron chi connectivity index (χ3n) is 5.97. The molecule has 39 heavy (non-hydrogen) atoms. The standard InChI is InChI=1S/C27H20N8O4/c28-14-19-15-30-35(21-12-17(26(36)37)11-18(13-21)27(38)39)25(19)32-31-23-22(16-7-3-1-4-8-16)33-34(24(23)29)20-9-5-2-6-10-20/h1-13,15,19,25H,29H2,(H,36,37)(H,38,39)/b32-31+. The van der Waals surface area contributed by atoms with Gasteiger partial charge in [0, 0.05) is 11.8 Å². The van der Waals surface area contributed by atoms with Crippen molar-refractivity contribution in [1.29, 1.82) is 5.26 Å². The normalized spacial score (nSPS) is 16.4. The van der Waals surface area contributed by atoms with Crippen molar-refractivity contribution in [3.05, 3.63) is 90.0 Å². The molecule has 4 N–H and O–H groups in total. The number of carbonyl (C=O) groups is 2. The number of carboxylic acid groups (broad SMARTS) is 2. The number of azo groups is 1. The highest BCUT2D eigenvalue weighted by Gasteiger charge is 2.34. The van der Waals surface area contributed by atoms with Crippen molar-refractivity contribution in [2.45, 2.75) is 6.17 Å². The number of benzene rings is 3. The molecule has 0 aliphatic carbocycles. The highest BCUT2D eigenvalue weighted by molar-refractivity contribution is 5.95. The second kappa shape index (κ2) is 10.3. The molecule has 1 aliphatic rings. The van der Waals surface area contributed by atoms with Crippen LogP contribution in [0.15, 0.2) is 94.2 Å². The first-order chi connectivity index (χ1) is 18.9. The van der Waals surface area contributed by atoms with Gasteiger partial charge in [-0.05, 0) is 30.3 Å². The van der Waals surface area contributed by atoms with Crippen LogP contribution in [0.4, 0.5) is 17.2 Å². The molecule has 0 amide bonds. The van der Waals surface area contributed by atoms with Crippen LogP contribution in [0.5, 0.6) is 0 Å². The van der Waals surface area contributed by atoms with E-state index in [4.69, 9.17) is 5.73 Å². The zero-order chi connectivity index (χ0) is 27.5. The van der Waals surface area contributed by atoms with Crippen molar-refractivity contribution in [1.82, 2.24) is 9.78 Å². The Labute approximate surface area is 221 Å². The van der Waals surface area contributed by atoms with Crippen molar-refractivity contribution in [2.75, 3.05) is 10.7 Å². The summed E-state index contributed by atoms with van der Waals surface area (Å²) < 4.78 is 1.54. The molecule has 0 bridgehead atoms. The van der Waals surface area contributed by atoms with Gasteiger partial charge in [0.15, 0.2) is 17.7 Å². The number of hydrazone groups is 1. The van der Waals surface area contributed by atoms with Gasteiger partial charge in [0.05, 0.1) is 28.6 Å². The van der Waals surface area contributed by atoms with E-state index in [1.54, 1.807) is 0 Å². The molecular weight excluding hydrogens is 500 g/mol. The Hall–Kier alpha value is -5.83. The largest absolute Gasteiger partial charge is 0.478 e. The maximum Gasteiger partial charge on any atom is 0.335 e. The number of carboxylic acids is 2. The van der Waals surface area contributed by atoms with Crippen molar-refractivity contribution >= 4 is 35.3 Å². The lowest BCUT2D eigenvalue weighted by Gasteiger charge is -2.21.